The lowest BCUT2D eigenvalue weighted by atomic mass is 9.90. The van der Waals surface area contributed by atoms with Gasteiger partial charge in [0.05, 0.1) is 18.2 Å². The van der Waals surface area contributed by atoms with E-state index in [4.69, 9.17) is 0 Å². The molecule has 0 aliphatic heterocycles. The predicted octanol–water partition coefficient (Wildman–Crippen LogP) is 4.73. The van der Waals surface area contributed by atoms with E-state index in [1.54, 1.807) is 0 Å². The van der Waals surface area contributed by atoms with E-state index in [0.717, 1.165) is 40.6 Å². The second kappa shape index (κ2) is 9.94. The molecule has 0 unspecified atom stereocenters. The van der Waals surface area contributed by atoms with Crippen LogP contribution < -0.4 is 10.7 Å². The fraction of sp³-hybridized carbons (Fsp3) is 0.167. The first-order valence-corrected chi connectivity index (χ1v) is 11.9. The highest BCUT2D eigenvalue weighted by molar-refractivity contribution is 6.11. The third kappa shape index (κ3) is 4.71. The first kappa shape index (κ1) is 22.5. The van der Waals surface area contributed by atoms with Crippen LogP contribution in [0.5, 0.6) is 0 Å². The number of hydrogen-bond donors (Lipinski definition) is 2. The number of hydrazone groups is 1. The Labute approximate surface area is 204 Å². The summed E-state index contributed by atoms with van der Waals surface area (Å²) in [5.41, 5.74) is 8.81. The zero-order chi connectivity index (χ0) is 24.2. The Morgan fingerprint density at radius 3 is 2.09 bits per heavy atom. The smallest absolute Gasteiger partial charge is 0.259 e. The molecule has 174 valence electrons. The van der Waals surface area contributed by atoms with Crippen molar-refractivity contribution in [2.24, 2.45) is 5.10 Å². The van der Waals surface area contributed by atoms with Gasteiger partial charge in [-0.05, 0) is 52.8 Å². The normalized spacial score (nSPS) is 12.7. The summed E-state index contributed by atoms with van der Waals surface area (Å²) < 4.78 is 0. The number of aryl methyl sites for hydroxylation is 2. The molecule has 0 radical (unpaired) electrons. The molecule has 1 aliphatic carbocycles. The standard InChI is InChI=1S/C30H27N3O2/c1-20(25-18-17-24-16-15-23-13-8-14-26(25)28(23)24)32-33-27(34)19-31-30(35)29(21-9-4-2-5-10-21)22-11-6-3-7-12-22/h2-14,17-18,29H,15-16,19H2,1H3,(H,31,35)(H,33,34)/b32-20+. The Morgan fingerprint density at radius 1 is 0.800 bits per heavy atom. The predicted molar refractivity (Wildman–Crippen MR) is 139 cm³/mol. The lowest BCUT2D eigenvalue weighted by Gasteiger charge is -2.17. The number of nitrogens with zero attached hydrogens (tertiary/aromatic N) is 1. The molecule has 2 amide bonds. The van der Waals surface area contributed by atoms with Gasteiger partial charge in [-0.15, -0.1) is 0 Å². The molecule has 5 heteroatoms. The molecule has 5 nitrogen and oxygen atoms in total. The molecule has 2 N–H and O–H groups in total. The van der Waals surface area contributed by atoms with Crippen LogP contribution in [-0.4, -0.2) is 24.1 Å². The Hall–Kier alpha value is -4.25. The number of hydrogen-bond acceptors (Lipinski definition) is 3. The average Bonchev–Trinajstić information content (AvgIpc) is 3.32. The molecular weight excluding hydrogens is 434 g/mol. The van der Waals surface area contributed by atoms with Crippen LogP contribution in [0.25, 0.3) is 10.8 Å². The summed E-state index contributed by atoms with van der Waals surface area (Å²) in [5.74, 6) is -1.10. The molecule has 1 aliphatic rings. The fourth-order valence-electron chi connectivity index (χ4n) is 4.86. The number of carbonyl (C=O) groups excluding carboxylic acids is 2. The van der Waals surface area contributed by atoms with Gasteiger partial charge in [-0.25, -0.2) is 5.43 Å². The maximum Gasteiger partial charge on any atom is 0.259 e. The number of carbonyl (C=O) groups is 2. The first-order valence-electron chi connectivity index (χ1n) is 11.9. The molecule has 0 heterocycles. The summed E-state index contributed by atoms with van der Waals surface area (Å²) in [6, 6.07) is 29.7. The largest absolute Gasteiger partial charge is 0.346 e. The maximum absolute atomic E-state index is 13.1. The zero-order valence-corrected chi connectivity index (χ0v) is 19.6. The van der Waals surface area contributed by atoms with E-state index in [2.05, 4.69) is 46.2 Å². The molecular formula is C30H27N3O2. The minimum atomic E-state index is -0.496. The second-order valence-electron chi connectivity index (χ2n) is 8.82. The van der Waals surface area contributed by atoms with Crippen LogP contribution in [-0.2, 0) is 22.4 Å². The van der Waals surface area contributed by atoms with E-state index in [0.29, 0.717) is 0 Å². The quantitative estimate of drug-likeness (QED) is 0.309. The molecule has 4 aromatic rings. The molecule has 0 aromatic heterocycles. The number of rotatable bonds is 7. The molecule has 0 atom stereocenters. The summed E-state index contributed by atoms with van der Waals surface area (Å²) >= 11 is 0. The van der Waals surface area contributed by atoms with Gasteiger partial charge < -0.3 is 5.32 Å². The fourth-order valence-corrected chi connectivity index (χ4v) is 4.86. The molecule has 35 heavy (non-hydrogen) atoms. The van der Waals surface area contributed by atoms with Crippen molar-refractivity contribution >= 4 is 28.3 Å². The van der Waals surface area contributed by atoms with E-state index in [9.17, 15) is 9.59 Å². The number of amides is 2. The lowest BCUT2D eigenvalue weighted by molar-refractivity contribution is -0.126. The zero-order valence-electron chi connectivity index (χ0n) is 19.6. The molecule has 0 fully saturated rings. The topological polar surface area (TPSA) is 70.6 Å². The molecule has 0 spiro atoms. The van der Waals surface area contributed by atoms with Crippen LogP contribution in [0.1, 0.15) is 40.7 Å². The van der Waals surface area contributed by atoms with Crippen molar-refractivity contribution in [1.82, 2.24) is 10.7 Å². The van der Waals surface area contributed by atoms with Crippen molar-refractivity contribution in [3.63, 3.8) is 0 Å². The Bertz CT molecular complexity index is 1360. The van der Waals surface area contributed by atoms with Crippen molar-refractivity contribution < 1.29 is 9.59 Å². The SMILES string of the molecule is C/C(=N\NC(=O)CNC(=O)C(c1ccccc1)c1ccccc1)c1ccc2c3c(cccc13)CC2. The second-order valence-corrected chi connectivity index (χ2v) is 8.82. The van der Waals surface area contributed by atoms with Crippen molar-refractivity contribution in [3.8, 4) is 0 Å². The van der Waals surface area contributed by atoms with E-state index < -0.39 is 5.92 Å². The van der Waals surface area contributed by atoms with E-state index >= 15 is 0 Å². The van der Waals surface area contributed by atoms with E-state index in [-0.39, 0.29) is 18.4 Å². The van der Waals surface area contributed by atoms with Crippen molar-refractivity contribution in [2.45, 2.75) is 25.7 Å². The van der Waals surface area contributed by atoms with Crippen LogP contribution in [0.15, 0.2) is 96.1 Å². The van der Waals surface area contributed by atoms with E-state index in [1.807, 2.05) is 67.6 Å². The van der Waals surface area contributed by atoms with Gasteiger partial charge in [0.2, 0.25) is 5.91 Å². The highest BCUT2D eigenvalue weighted by atomic mass is 16.2. The van der Waals surface area contributed by atoms with Crippen molar-refractivity contribution in [2.75, 3.05) is 6.54 Å². The molecule has 0 saturated carbocycles. The van der Waals surface area contributed by atoms with Crippen molar-refractivity contribution in [1.29, 1.82) is 0 Å². The van der Waals surface area contributed by atoms with Crippen molar-refractivity contribution in [3.05, 3.63) is 119 Å². The van der Waals surface area contributed by atoms with E-state index in [1.165, 1.54) is 16.5 Å². The minimum absolute atomic E-state index is 0.157. The maximum atomic E-state index is 13.1. The third-order valence-corrected chi connectivity index (χ3v) is 6.57. The Balaban J connectivity index is 1.27. The van der Waals surface area contributed by atoms with Gasteiger partial charge >= 0.3 is 0 Å². The van der Waals surface area contributed by atoms with Crippen LogP contribution in [0.2, 0.25) is 0 Å². The van der Waals surface area contributed by atoms with Crippen LogP contribution in [0.3, 0.4) is 0 Å². The third-order valence-electron chi connectivity index (χ3n) is 6.57. The first-order chi connectivity index (χ1) is 17.1. The van der Waals surface area contributed by atoms with Crippen LogP contribution >= 0.6 is 0 Å². The molecule has 0 saturated heterocycles. The highest BCUT2D eigenvalue weighted by Gasteiger charge is 2.23. The molecule has 5 rings (SSSR count). The van der Waals surface area contributed by atoms with Gasteiger partial charge in [0, 0.05) is 5.56 Å². The van der Waals surface area contributed by atoms with Crippen LogP contribution in [0.4, 0.5) is 0 Å². The minimum Gasteiger partial charge on any atom is -0.346 e. The van der Waals surface area contributed by atoms with Gasteiger partial charge in [0.25, 0.3) is 5.91 Å². The summed E-state index contributed by atoms with van der Waals surface area (Å²) in [6.07, 6.45) is 2.13. The van der Waals surface area contributed by atoms with Gasteiger partial charge in [-0.1, -0.05) is 91.0 Å². The summed E-state index contributed by atoms with van der Waals surface area (Å²) in [5, 5.41) is 9.58. The van der Waals surface area contributed by atoms with Gasteiger partial charge in [0.1, 0.15) is 0 Å². The number of benzene rings is 4. The van der Waals surface area contributed by atoms with Gasteiger partial charge in [-0.3, -0.25) is 9.59 Å². The Kier molecular flexibility index (Phi) is 6.40. The highest BCUT2D eigenvalue weighted by Crippen LogP contribution is 2.33. The summed E-state index contributed by atoms with van der Waals surface area (Å²) in [4.78, 5) is 25.6. The average molecular weight is 462 g/mol. The summed E-state index contributed by atoms with van der Waals surface area (Å²) in [6.45, 7) is 1.73. The number of nitrogens with one attached hydrogen (secondary N) is 2. The molecule has 0 bridgehead atoms. The lowest BCUT2D eigenvalue weighted by Crippen LogP contribution is -2.38. The van der Waals surface area contributed by atoms with Crippen LogP contribution in [0, 0.1) is 0 Å². The Morgan fingerprint density at radius 2 is 1.43 bits per heavy atom. The summed E-state index contributed by atoms with van der Waals surface area (Å²) in [7, 11) is 0. The van der Waals surface area contributed by atoms with Gasteiger partial charge in [0.15, 0.2) is 0 Å². The monoisotopic (exact) mass is 461 g/mol. The van der Waals surface area contributed by atoms with Gasteiger partial charge in [-0.2, -0.15) is 5.10 Å². The molecule has 4 aromatic carbocycles.